The van der Waals surface area contributed by atoms with Crippen LogP contribution in [-0.4, -0.2) is 113 Å². The molecule has 16 nitrogen and oxygen atoms in total. The first-order valence-corrected chi connectivity index (χ1v) is 20.4. The zero-order valence-corrected chi connectivity index (χ0v) is 32.6. The van der Waals surface area contributed by atoms with Crippen LogP contribution in [0.15, 0.2) is 94.8 Å². The minimum absolute atomic E-state index is 0.0244. The molecule has 7 rings (SSSR count). The maximum atomic E-state index is 13.1. The van der Waals surface area contributed by atoms with Crippen molar-refractivity contribution < 1.29 is 32.9 Å². The number of anilines is 3. The first-order valence-electron chi connectivity index (χ1n) is 18.9. The van der Waals surface area contributed by atoms with Gasteiger partial charge in [0.25, 0.3) is 11.8 Å². The normalized spacial score (nSPS) is 17.6. The van der Waals surface area contributed by atoms with Gasteiger partial charge in [-0.3, -0.25) is 38.4 Å². The molecule has 5 N–H and O–H groups in total. The van der Waals surface area contributed by atoms with E-state index in [1.54, 1.807) is 30.5 Å². The number of carbonyl (C=O) groups is 5. The first kappa shape index (κ1) is 39.8. The van der Waals surface area contributed by atoms with Crippen LogP contribution in [0.5, 0.6) is 0 Å². The van der Waals surface area contributed by atoms with Crippen molar-refractivity contribution in [2.45, 2.75) is 30.2 Å². The zero-order valence-electron chi connectivity index (χ0n) is 31.8. The van der Waals surface area contributed by atoms with Crippen molar-refractivity contribution in [3.05, 3.63) is 96.1 Å². The summed E-state index contributed by atoms with van der Waals surface area (Å²) in [6.45, 7) is 3.55. The summed E-state index contributed by atoms with van der Waals surface area (Å²) in [5.74, 6) is -1.53. The average molecular weight is 806 g/mol. The van der Waals surface area contributed by atoms with Gasteiger partial charge in [0.2, 0.25) is 17.7 Å². The number of amides is 5. The van der Waals surface area contributed by atoms with Crippen LogP contribution in [0.3, 0.4) is 0 Å². The van der Waals surface area contributed by atoms with Gasteiger partial charge in [-0.15, -0.1) is 0 Å². The highest BCUT2D eigenvalue weighted by molar-refractivity contribution is 7.84. The van der Waals surface area contributed by atoms with Gasteiger partial charge >= 0.3 is 0 Å². The summed E-state index contributed by atoms with van der Waals surface area (Å²) in [5, 5.41) is 8.47. The Morgan fingerprint density at radius 3 is 2.36 bits per heavy atom. The Morgan fingerprint density at radius 1 is 0.914 bits per heavy atom. The molecule has 0 spiro atoms. The zero-order chi connectivity index (χ0) is 40.8. The second-order valence-electron chi connectivity index (χ2n) is 13.9. The van der Waals surface area contributed by atoms with E-state index in [0.29, 0.717) is 50.8 Å². The Kier molecular flexibility index (Phi) is 12.2. The highest BCUT2D eigenvalue weighted by Gasteiger charge is 2.44. The van der Waals surface area contributed by atoms with E-state index < -0.39 is 40.5 Å². The summed E-state index contributed by atoms with van der Waals surface area (Å²) in [6, 6.07) is 24.5. The highest BCUT2D eigenvalue weighted by atomic mass is 32.2. The van der Waals surface area contributed by atoms with Crippen LogP contribution < -0.4 is 26.6 Å². The Hall–Kier alpha value is -6.46. The van der Waals surface area contributed by atoms with Gasteiger partial charge in [0, 0.05) is 83.7 Å². The molecule has 2 saturated heterocycles. The molecular formula is C41H43N9O7S. The first-order chi connectivity index (χ1) is 28.0. The number of benzene rings is 3. The van der Waals surface area contributed by atoms with Crippen LogP contribution in [0.25, 0.3) is 11.3 Å². The predicted octanol–water partition coefficient (Wildman–Crippen LogP) is 3.11. The van der Waals surface area contributed by atoms with Gasteiger partial charge in [0.15, 0.2) is 11.8 Å². The summed E-state index contributed by atoms with van der Waals surface area (Å²) in [6.07, 6.45) is 2.05. The number of fused-ring (bicyclic) bond motifs is 1. The average Bonchev–Trinajstić information content (AvgIpc) is 3.47. The topological polar surface area (TPSA) is 209 Å². The number of aliphatic imine (C=N–C) groups is 1. The quantitative estimate of drug-likeness (QED) is 0.0666. The van der Waals surface area contributed by atoms with Crippen LogP contribution in [0.2, 0.25) is 0 Å². The lowest BCUT2D eigenvalue weighted by Crippen LogP contribution is -2.54. The van der Waals surface area contributed by atoms with Gasteiger partial charge in [-0.1, -0.05) is 18.2 Å². The van der Waals surface area contributed by atoms with E-state index in [0.717, 1.165) is 32.4 Å². The number of guanidine groups is 1. The summed E-state index contributed by atoms with van der Waals surface area (Å²) in [5.41, 5.74) is 10.6. The summed E-state index contributed by atoms with van der Waals surface area (Å²) in [7, 11) is -1.05. The summed E-state index contributed by atoms with van der Waals surface area (Å²) in [4.78, 5) is 77.5. The van der Waals surface area contributed by atoms with Crippen molar-refractivity contribution in [1.82, 2.24) is 20.1 Å². The Labute approximate surface area is 337 Å². The molecule has 4 heterocycles. The molecular weight excluding hydrogens is 763 g/mol. The third-order valence-corrected chi connectivity index (χ3v) is 11.0. The minimum atomic E-state index is -1.05. The second kappa shape index (κ2) is 17.8. The number of ether oxygens (including phenoxy) is 1. The van der Waals surface area contributed by atoms with Crippen molar-refractivity contribution in [3.63, 3.8) is 0 Å². The van der Waals surface area contributed by atoms with Crippen LogP contribution in [0, 0.1) is 0 Å². The van der Waals surface area contributed by atoms with Crippen molar-refractivity contribution in [2.24, 2.45) is 10.7 Å². The van der Waals surface area contributed by atoms with Gasteiger partial charge in [-0.2, -0.15) is 4.99 Å². The number of pyridine rings is 1. The van der Waals surface area contributed by atoms with Gasteiger partial charge in [0.05, 0.1) is 36.5 Å². The third kappa shape index (κ3) is 9.22. The molecule has 0 bridgehead atoms. The number of hydrogen-bond donors (Lipinski definition) is 4. The van der Waals surface area contributed by atoms with Crippen LogP contribution >= 0.6 is 0 Å². The minimum Gasteiger partial charge on any atom is -0.383 e. The molecule has 58 heavy (non-hydrogen) atoms. The number of hydrogen-bond acceptors (Lipinski definition) is 11. The van der Waals surface area contributed by atoms with E-state index in [9.17, 15) is 28.2 Å². The van der Waals surface area contributed by atoms with E-state index in [2.05, 4.69) is 30.8 Å². The number of carbonyl (C=O) groups excluding carboxylic acids is 5. The lowest BCUT2D eigenvalue weighted by atomic mass is 10.0. The molecule has 3 aliphatic rings. The smallest absolute Gasteiger partial charge is 0.262 e. The maximum absolute atomic E-state index is 13.1. The van der Waals surface area contributed by atoms with Gasteiger partial charge in [-0.05, 0) is 73.2 Å². The molecule has 2 fully saturated rings. The third-order valence-electron chi connectivity index (χ3n) is 10.1. The second-order valence-corrected chi connectivity index (χ2v) is 15.3. The molecule has 3 aromatic carbocycles. The molecule has 300 valence electrons. The largest absolute Gasteiger partial charge is 0.383 e. The van der Waals surface area contributed by atoms with Crippen molar-refractivity contribution >= 4 is 69.2 Å². The predicted molar refractivity (Wildman–Crippen MR) is 219 cm³/mol. The Bertz CT molecular complexity index is 2280. The molecule has 17 heteroatoms. The molecule has 4 aromatic rings. The fourth-order valence-electron chi connectivity index (χ4n) is 7.00. The van der Waals surface area contributed by atoms with Gasteiger partial charge in [0.1, 0.15) is 6.04 Å². The number of nitrogens with zero attached hydrogens (tertiary/aromatic N) is 5. The fraction of sp³-hybridized carbons (Fsp3) is 0.293. The van der Waals surface area contributed by atoms with Gasteiger partial charge < -0.3 is 30.9 Å². The van der Waals surface area contributed by atoms with E-state index in [-0.39, 0.29) is 48.9 Å². The molecule has 0 aliphatic carbocycles. The van der Waals surface area contributed by atoms with E-state index in [4.69, 9.17) is 10.5 Å². The van der Waals surface area contributed by atoms with Crippen molar-refractivity contribution in [3.8, 4) is 11.3 Å². The maximum Gasteiger partial charge on any atom is 0.262 e. The van der Waals surface area contributed by atoms with Crippen LogP contribution in [-0.2, 0) is 29.9 Å². The molecule has 1 aromatic heterocycles. The van der Waals surface area contributed by atoms with E-state index in [1.807, 2.05) is 65.6 Å². The number of nitrogens with one attached hydrogen (secondary N) is 3. The number of nitrogens with two attached hydrogens (primary N) is 1. The van der Waals surface area contributed by atoms with Crippen LogP contribution in [0.4, 0.5) is 22.9 Å². The highest BCUT2D eigenvalue weighted by Crippen LogP contribution is 2.30. The number of rotatable bonds is 13. The van der Waals surface area contributed by atoms with Crippen molar-refractivity contribution in [2.75, 3.05) is 67.7 Å². The molecule has 0 radical (unpaired) electrons. The van der Waals surface area contributed by atoms with Crippen LogP contribution in [0.1, 0.15) is 40.0 Å². The SMILES string of the molecule is CS(=O)c1ccc(-c2cccc(N=C(N)Nc3ccc(N4CCN(C(=O)CCOCCNc5ccc6c(c5)C(=O)N(C5CCC(=O)NC5=O)C6=O)CC4)cc3)n2)cc1. The lowest BCUT2D eigenvalue weighted by molar-refractivity contribution is -0.136. The molecule has 0 saturated carbocycles. The standard InChI is InChI=1S/C41H43N9O7S/c1-58(56)30-12-5-26(6-13-30)33-3-2-4-35(45-33)46-41(42)44-27-7-10-29(11-8-27)48-19-21-49(22-20-48)37(52)17-23-57-24-18-43-28-9-14-31-32(25-28)40(55)50(39(31)54)34-15-16-36(51)47-38(34)53/h2-14,25,34,43H,15-24H2,1H3,(H,47,51,53)(H3,42,44,45,46). The van der Waals surface area contributed by atoms with Gasteiger partial charge in [-0.25, -0.2) is 4.98 Å². The molecule has 2 atom stereocenters. The number of aromatic nitrogens is 1. The van der Waals surface area contributed by atoms with E-state index >= 15 is 0 Å². The lowest BCUT2D eigenvalue weighted by Gasteiger charge is -2.36. The fourth-order valence-corrected chi connectivity index (χ4v) is 7.52. The Balaban J connectivity index is 0.803. The number of piperidine rings is 1. The monoisotopic (exact) mass is 805 g/mol. The Morgan fingerprint density at radius 2 is 1.64 bits per heavy atom. The summed E-state index contributed by atoms with van der Waals surface area (Å²) >= 11 is 0. The summed E-state index contributed by atoms with van der Waals surface area (Å²) < 4.78 is 17.4. The van der Waals surface area contributed by atoms with E-state index in [1.165, 1.54) is 0 Å². The molecule has 5 amide bonds. The number of imide groups is 2. The molecule has 2 unspecified atom stereocenters. The number of piperazine rings is 1. The van der Waals surface area contributed by atoms with Crippen molar-refractivity contribution in [1.29, 1.82) is 0 Å². The molecule has 3 aliphatic heterocycles.